The van der Waals surface area contributed by atoms with Crippen molar-refractivity contribution in [1.82, 2.24) is 4.98 Å². The van der Waals surface area contributed by atoms with Crippen LogP contribution in [0.15, 0.2) is 60.7 Å². The van der Waals surface area contributed by atoms with Crippen LogP contribution in [-0.2, 0) is 5.41 Å². The third-order valence-corrected chi connectivity index (χ3v) is 7.09. The molecule has 0 unspecified atom stereocenters. The summed E-state index contributed by atoms with van der Waals surface area (Å²) in [5.74, 6) is -0.276. The molecule has 0 bridgehead atoms. The zero-order chi connectivity index (χ0) is 21.9. The van der Waals surface area contributed by atoms with E-state index in [4.69, 9.17) is 16.6 Å². The molecule has 0 amide bonds. The van der Waals surface area contributed by atoms with Crippen molar-refractivity contribution in [3.8, 4) is 11.3 Å². The molecule has 4 aromatic rings. The highest BCUT2D eigenvalue weighted by molar-refractivity contribution is 14.1. The lowest BCUT2D eigenvalue weighted by Gasteiger charge is -2.27. The molecule has 0 N–H and O–H groups in total. The molecule has 5 heteroatoms. The van der Waals surface area contributed by atoms with E-state index in [0.717, 1.165) is 28.7 Å². The highest BCUT2D eigenvalue weighted by atomic mass is 127. The second-order valence-electron chi connectivity index (χ2n) is 8.68. The van der Waals surface area contributed by atoms with Crippen LogP contribution in [0, 0.1) is 16.3 Å². The molecular weight excluding hydrogens is 522 g/mol. The van der Waals surface area contributed by atoms with E-state index in [0.29, 0.717) is 16.3 Å². The maximum atomic E-state index is 14.8. The van der Waals surface area contributed by atoms with E-state index >= 15 is 0 Å². The normalized spacial score (nSPS) is 14.8. The topological polar surface area (TPSA) is 16.1 Å². The van der Waals surface area contributed by atoms with Gasteiger partial charge in [0.15, 0.2) is 0 Å². The van der Waals surface area contributed by atoms with Crippen molar-refractivity contribution in [3.05, 3.63) is 86.2 Å². The summed E-state index contributed by atoms with van der Waals surface area (Å²) in [7, 11) is 0. The largest absolute Gasteiger partial charge is 0.339 e. The van der Waals surface area contributed by atoms with Gasteiger partial charge < -0.3 is 4.90 Å². The number of benzene rings is 3. The Morgan fingerprint density at radius 1 is 1.06 bits per heavy atom. The molecule has 0 atom stereocenters. The first-order chi connectivity index (χ1) is 14.8. The van der Waals surface area contributed by atoms with Gasteiger partial charge in [-0.1, -0.05) is 49.7 Å². The zero-order valence-corrected chi connectivity index (χ0v) is 20.4. The van der Waals surface area contributed by atoms with Crippen LogP contribution in [0.2, 0.25) is 5.02 Å². The predicted octanol–water partition coefficient (Wildman–Crippen LogP) is 8.04. The Hall–Kier alpha value is -2.18. The molecule has 2 nitrogen and oxygen atoms in total. The number of hydrogen-bond donors (Lipinski definition) is 0. The molecule has 5 rings (SSSR count). The SMILES string of the molecule is Cc1c(-c2ccccc2F)nc2cccc(Cl)c2c1N1CC(C)(C)c2ccc(I)cc21. The third-order valence-electron chi connectivity index (χ3n) is 6.10. The fourth-order valence-electron chi connectivity index (χ4n) is 4.66. The van der Waals surface area contributed by atoms with Crippen LogP contribution in [0.25, 0.3) is 22.2 Å². The molecule has 0 fully saturated rings. The van der Waals surface area contributed by atoms with Gasteiger partial charge >= 0.3 is 0 Å². The Morgan fingerprint density at radius 2 is 1.84 bits per heavy atom. The van der Waals surface area contributed by atoms with Gasteiger partial charge in [0.25, 0.3) is 0 Å². The Bertz CT molecular complexity index is 1350. The lowest BCUT2D eigenvalue weighted by Crippen LogP contribution is -2.26. The van der Waals surface area contributed by atoms with E-state index in [1.165, 1.54) is 20.9 Å². The summed E-state index contributed by atoms with van der Waals surface area (Å²) in [5.41, 5.74) is 6.30. The summed E-state index contributed by atoms with van der Waals surface area (Å²) in [6.45, 7) is 7.35. The molecule has 3 aromatic carbocycles. The molecule has 1 aromatic heterocycles. The average Bonchev–Trinajstić information content (AvgIpc) is 2.98. The minimum absolute atomic E-state index is 0.0267. The monoisotopic (exact) mass is 542 g/mol. The van der Waals surface area contributed by atoms with Crippen LogP contribution in [0.4, 0.5) is 15.8 Å². The van der Waals surface area contributed by atoms with Crippen molar-refractivity contribution >= 4 is 56.5 Å². The summed E-state index contributed by atoms with van der Waals surface area (Å²) in [5, 5.41) is 1.56. The number of fused-ring (bicyclic) bond motifs is 2. The van der Waals surface area contributed by atoms with Crippen molar-refractivity contribution in [2.45, 2.75) is 26.2 Å². The summed E-state index contributed by atoms with van der Waals surface area (Å²) in [6.07, 6.45) is 0. The Morgan fingerprint density at radius 3 is 2.61 bits per heavy atom. The van der Waals surface area contributed by atoms with Crippen LogP contribution in [-0.4, -0.2) is 11.5 Å². The van der Waals surface area contributed by atoms with E-state index in [-0.39, 0.29) is 11.2 Å². The fourth-order valence-corrected chi connectivity index (χ4v) is 5.40. The number of nitrogens with zero attached hydrogens (tertiary/aromatic N) is 2. The van der Waals surface area contributed by atoms with Gasteiger partial charge in [0.2, 0.25) is 0 Å². The van der Waals surface area contributed by atoms with Gasteiger partial charge in [-0.3, -0.25) is 0 Å². The summed E-state index contributed by atoms with van der Waals surface area (Å²) in [6, 6.07) is 19.1. The highest BCUT2D eigenvalue weighted by Crippen LogP contribution is 2.49. The lowest BCUT2D eigenvalue weighted by molar-refractivity contribution is 0.569. The van der Waals surface area contributed by atoms with Crippen molar-refractivity contribution in [2.75, 3.05) is 11.4 Å². The standard InChI is InChI=1S/C26H21ClFIN2/c1-15-24(17-7-4-5-9-20(17)28)30-21-10-6-8-19(27)23(21)25(15)31-14-26(2,3)18-12-11-16(29)13-22(18)31/h4-13H,14H2,1-3H3. The smallest absolute Gasteiger partial charge is 0.132 e. The van der Waals surface area contributed by atoms with Gasteiger partial charge in [-0.25, -0.2) is 9.37 Å². The fraction of sp³-hybridized carbons (Fsp3) is 0.192. The van der Waals surface area contributed by atoms with Crippen LogP contribution >= 0.6 is 34.2 Å². The summed E-state index contributed by atoms with van der Waals surface area (Å²) in [4.78, 5) is 7.20. The summed E-state index contributed by atoms with van der Waals surface area (Å²) < 4.78 is 16.0. The second-order valence-corrected chi connectivity index (χ2v) is 10.3. The van der Waals surface area contributed by atoms with Crippen molar-refractivity contribution in [3.63, 3.8) is 0 Å². The molecular formula is C26H21ClFIN2. The Labute approximate surface area is 200 Å². The van der Waals surface area contributed by atoms with E-state index in [9.17, 15) is 4.39 Å². The first-order valence-corrected chi connectivity index (χ1v) is 11.6. The van der Waals surface area contributed by atoms with Crippen molar-refractivity contribution in [1.29, 1.82) is 0 Å². The average molecular weight is 543 g/mol. The summed E-state index contributed by atoms with van der Waals surface area (Å²) >= 11 is 9.08. The van der Waals surface area contributed by atoms with Gasteiger partial charge in [-0.15, -0.1) is 0 Å². The molecule has 31 heavy (non-hydrogen) atoms. The molecule has 156 valence electrons. The van der Waals surface area contributed by atoms with Crippen LogP contribution in [0.1, 0.15) is 25.0 Å². The molecule has 2 heterocycles. The van der Waals surface area contributed by atoms with Crippen molar-refractivity contribution < 1.29 is 4.39 Å². The van der Waals surface area contributed by atoms with E-state index < -0.39 is 0 Å². The van der Waals surface area contributed by atoms with Gasteiger partial charge in [0.1, 0.15) is 5.82 Å². The lowest BCUT2D eigenvalue weighted by atomic mass is 9.87. The highest BCUT2D eigenvalue weighted by Gasteiger charge is 2.37. The number of hydrogen-bond acceptors (Lipinski definition) is 2. The van der Waals surface area contributed by atoms with Crippen LogP contribution in [0.3, 0.4) is 0 Å². The number of anilines is 2. The molecule has 0 aliphatic carbocycles. The van der Waals surface area contributed by atoms with E-state index in [1.54, 1.807) is 12.1 Å². The minimum atomic E-state index is -0.276. The first kappa shape index (κ1) is 20.7. The zero-order valence-electron chi connectivity index (χ0n) is 17.5. The Balaban J connectivity index is 1.87. The number of aromatic nitrogens is 1. The predicted molar refractivity (Wildman–Crippen MR) is 136 cm³/mol. The van der Waals surface area contributed by atoms with Crippen LogP contribution in [0.5, 0.6) is 0 Å². The number of rotatable bonds is 2. The van der Waals surface area contributed by atoms with Gasteiger partial charge in [-0.05, 0) is 77.0 Å². The van der Waals surface area contributed by atoms with Gasteiger partial charge in [0.05, 0.1) is 21.9 Å². The minimum Gasteiger partial charge on any atom is -0.339 e. The van der Waals surface area contributed by atoms with E-state index in [2.05, 4.69) is 59.5 Å². The molecule has 1 aliphatic rings. The molecule has 0 radical (unpaired) electrons. The van der Waals surface area contributed by atoms with Crippen LogP contribution < -0.4 is 4.90 Å². The van der Waals surface area contributed by atoms with Crippen molar-refractivity contribution in [2.24, 2.45) is 0 Å². The molecule has 1 aliphatic heterocycles. The molecule has 0 saturated heterocycles. The van der Waals surface area contributed by atoms with Gasteiger partial charge in [-0.2, -0.15) is 0 Å². The number of halogens is 3. The Kier molecular flexibility index (Phi) is 4.98. The van der Waals surface area contributed by atoms with E-state index in [1.807, 2.05) is 31.2 Å². The maximum absolute atomic E-state index is 14.8. The van der Waals surface area contributed by atoms with Gasteiger partial charge in [0, 0.05) is 32.2 Å². The molecule has 0 saturated carbocycles. The maximum Gasteiger partial charge on any atom is 0.132 e. The second kappa shape index (κ2) is 7.45. The molecule has 0 spiro atoms. The number of pyridine rings is 1. The first-order valence-electron chi connectivity index (χ1n) is 10.2. The third kappa shape index (κ3) is 3.31. The quantitative estimate of drug-likeness (QED) is 0.238.